The van der Waals surface area contributed by atoms with Crippen LogP contribution in [0.15, 0.2) is 29.3 Å². The Hall–Kier alpha value is -0.470. The lowest BCUT2D eigenvalue weighted by atomic mass is 9.99. The number of aliphatic imine (C=N–C) groups is 1. The van der Waals surface area contributed by atoms with Gasteiger partial charge in [-0.15, -0.1) is 24.0 Å². The van der Waals surface area contributed by atoms with Crippen molar-refractivity contribution >= 4 is 41.7 Å². The third-order valence-corrected chi connectivity index (χ3v) is 6.35. The first-order valence-corrected chi connectivity index (χ1v) is 10.9. The van der Waals surface area contributed by atoms with Crippen LogP contribution < -0.4 is 10.6 Å². The standard InChI is InChI=1S/C21H35N3OS.HI/c1-5-22-20(23-15-18(4)19-9-7-8-17(3)14-19)24-16-21(26-6-2)10-12-25-13-11-21;/h7-9,14,18H,5-6,10-13,15-16H2,1-4H3,(H2,22,23,24);1H. The van der Waals surface area contributed by atoms with E-state index in [1.165, 1.54) is 11.1 Å². The molecule has 1 aliphatic rings. The van der Waals surface area contributed by atoms with Crippen LogP contribution in [0.25, 0.3) is 0 Å². The first kappa shape index (κ1) is 24.6. The van der Waals surface area contributed by atoms with Crippen molar-refractivity contribution in [3.8, 4) is 0 Å². The van der Waals surface area contributed by atoms with Crippen molar-refractivity contribution < 1.29 is 4.74 Å². The first-order chi connectivity index (χ1) is 12.6. The van der Waals surface area contributed by atoms with E-state index in [-0.39, 0.29) is 28.7 Å². The Morgan fingerprint density at radius 2 is 2.00 bits per heavy atom. The van der Waals surface area contributed by atoms with E-state index in [0.29, 0.717) is 5.92 Å². The molecule has 0 spiro atoms. The van der Waals surface area contributed by atoms with E-state index in [1.54, 1.807) is 0 Å². The van der Waals surface area contributed by atoms with Gasteiger partial charge in [0.1, 0.15) is 0 Å². The van der Waals surface area contributed by atoms with E-state index < -0.39 is 0 Å². The monoisotopic (exact) mass is 505 g/mol. The van der Waals surface area contributed by atoms with Crippen molar-refractivity contribution in [3.63, 3.8) is 0 Å². The molecule has 4 nitrogen and oxygen atoms in total. The summed E-state index contributed by atoms with van der Waals surface area (Å²) in [7, 11) is 0. The maximum Gasteiger partial charge on any atom is 0.191 e. The average Bonchev–Trinajstić information content (AvgIpc) is 2.65. The van der Waals surface area contributed by atoms with Crippen molar-refractivity contribution in [1.29, 1.82) is 0 Å². The lowest BCUT2D eigenvalue weighted by molar-refractivity contribution is 0.0793. The molecule has 0 aromatic heterocycles. The van der Waals surface area contributed by atoms with Gasteiger partial charge in [-0.05, 0) is 43.9 Å². The third-order valence-electron chi connectivity index (χ3n) is 4.91. The van der Waals surface area contributed by atoms with Gasteiger partial charge in [0, 0.05) is 31.1 Å². The van der Waals surface area contributed by atoms with E-state index in [0.717, 1.165) is 57.4 Å². The number of aryl methyl sites for hydroxylation is 1. The topological polar surface area (TPSA) is 45.7 Å². The minimum absolute atomic E-state index is 0. The van der Waals surface area contributed by atoms with Crippen LogP contribution in [0.3, 0.4) is 0 Å². The van der Waals surface area contributed by atoms with Crippen molar-refractivity contribution in [2.75, 3.05) is 38.6 Å². The summed E-state index contributed by atoms with van der Waals surface area (Å²) in [6.07, 6.45) is 2.18. The van der Waals surface area contributed by atoms with E-state index >= 15 is 0 Å². The lowest BCUT2D eigenvalue weighted by Crippen LogP contribution is -2.42. The molecule has 6 heteroatoms. The van der Waals surface area contributed by atoms with Crippen LogP contribution >= 0.6 is 35.7 Å². The van der Waals surface area contributed by atoms with Crippen LogP contribution in [0.5, 0.6) is 0 Å². The molecule has 0 radical (unpaired) electrons. The molecule has 0 amide bonds. The number of hydrogen-bond donors (Lipinski definition) is 2. The second-order valence-corrected chi connectivity index (χ2v) is 8.85. The molecule has 1 aromatic carbocycles. The van der Waals surface area contributed by atoms with Crippen LogP contribution in [0.4, 0.5) is 0 Å². The van der Waals surface area contributed by atoms with Gasteiger partial charge >= 0.3 is 0 Å². The number of nitrogens with zero attached hydrogens (tertiary/aromatic N) is 1. The Labute approximate surface area is 186 Å². The Balaban J connectivity index is 0.00000364. The summed E-state index contributed by atoms with van der Waals surface area (Å²) in [6, 6.07) is 8.76. The summed E-state index contributed by atoms with van der Waals surface area (Å²) >= 11 is 2.04. The molecular formula is C21H36IN3OS. The summed E-state index contributed by atoms with van der Waals surface area (Å²) in [5.74, 6) is 2.50. The smallest absolute Gasteiger partial charge is 0.191 e. The number of rotatable bonds is 8. The molecule has 1 unspecified atom stereocenters. The maximum atomic E-state index is 5.57. The molecule has 1 heterocycles. The molecule has 1 aromatic rings. The van der Waals surface area contributed by atoms with Crippen molar-refractivity contribution in [2.45, 2.75) is 51.2 Å². The minimum atomic E-state index is 0. The molecule has 2 N–H and O–H groups in total. The van der Waals surface area contributed by atoms with Gasteiger partial charge in [0.2, 0.25) is 0 Å². The maximum absolute atomic E-state index is 5.57. The van der Waals surface area contributed by atoms with Crippen molar-refractivity contribution in [2.24, 2.45) is 4.99 Å². The summed E-state index contributed by atoms with van der Waals surface area (Å²) in [4.78, 5) is 4.93. The van der Waals surface area contributed by atoms with Gasteiger partial charge < -0.3 is 15.4 Å². The van der Waals surface area contributed by atoms with E-state index in [1.807, 2.05) is 11.8 Å². The van der Waals surface area contributed by atoms with E-state index in [4.69, 9.17) is 9.73 Å². The van der Waals surface area contributed by atoms with Gasteiger partial charge in [-0.3, -0.25) is 4.99 Å². The molecule has 0 aliphatic carbocycles. The van der Waals surface area contributed by atoms with Gasteiger partial charge in [-0.1, -0.05) is 43.7 Å². The van der Waals surface area contributed by atoms with Gasteiger partial charge in [0.15, 0.2) is 5.96 Å². The van der Waals surface area contributed by atoms with Crippen molar-refractivity contribution in [1.82, 2.24) is 10.6 Å². The van der Waals surface area contributed by atoms with Crippen molar-refractivity contribution in [3.05, 3.63) is 35.4 Å². The number of nitrogens with one attached hydrogen (secondary N) is 2. The second-order valence-electron chi connectivity index (χ2n) is 7.12. The number of thioether (sulfide) groups is 1. The lowest BCUT2D eigenvalue weighted by Gasteiger charge is -2.35. The summed E-state index contributed by atoms with van der Waals surface area (Å²) in [6.45, 7) is 13.1. The molecule has 154 valence electrons. The zero-order valence-corrected chi connectivity index (χ0v) is 20.4. The van der Waals surface area contributed by atoms with Gasteiger partial charge in [0.05, 0.1) is 6.54 Å². The molecule has 1 aliphatic heterocycles. The average molecular weight is 506 g/mol. The van der Waals surface area contributed by atoms with Gasteiger partial charge in [-0.2, -0.15) is 11.8 Å². The normalized spacial score (nSPS) is 17.7. The fraction of sp³-hybridized carbons (Fsp3) is 0.667. The number of benzene rings is 1. The predicted octanol–water partition coefficient (Wildman–Crippen LogP) is 4.57. The van der Waals surface area contributed by atoms with Crippen LogP contribution in [0.1, 0.15) is 50.7 Å². The highest BCUT2D eigenvalue weighted by Gasteiger charge is 2.32. The number of halogens is 1. The quantitative estimate of drug-likeness (QED) is 0.309. The van der Waals surface area contributed by atoms with Gasteiger partial charge in [0.25, 0.3) is 0 Å². The molecule has 1 saturated heterocycles. The van der Waals surface area contributed by atoms with E-state index in [9.17, 15) is 0 Å². The Morgan fingerprint density at radius 3 is 2.63 bits per heavy atom. The Bertz CT molecular complexity index is 571. The largest absolute Gasteiger partial charge is 0.381 e. The number of guanidine groups is 1. The fourth-order valence-corrected chi connectivity index (χ4v) is 4.53. The minimum Gasteiger partial charge on any atom is -0.381 e. The highest BCUT2D eigenvalue weighted by Crippen LogP contribution is 2.35. The van der Waals surface area contributed by atoms with E-state index in [2.05, 4.69) is 62.6 Å². The van der Waals surface area contributed by atoms with Crippen LogP contribution in [0.2, 0.25) is 0 Å². The van der Waals surface area contributed by atoms with Crippen LogP contribution in [-0.4, -0.2) is 49.3 Å². The Kier molecular flexibility index (Phi) is 11.7. The zero-order chi connectivity index (χ0) is 18.8. The summed E-state index contributed by atoms with van der Waals surface area (Å²) in [5.41, 5.74) is 2.68. The third kappa shape index (κ3) is 8.20. The fourth-order valence-electron chi connectivity index (χ4n) is 3.31. The molecule has 1 fully saturated rings. The first-order valence-electron chi connectivity index (χ1n) is 9.89. The summed E-state index contributed by atoms with van der Waals surface area (Å²) in [5, 5.41) is 6.93. The van der Waals surface area contributed by atoms with Gasteiger partial charge in [-0.25, -0.2) is 0 Å². The number of hydrogen-bond acceptors (Lipinski definition) is 3. The predicted molar refractivity (Wildman–Crippen MR) is 130 cm³/mol. The highest BCUT2D eigenvalue weighted by molar-refractivity contribution is 14.0. The zero-order valence-electron chi connectivity index (χ0n) is 17.2. The molecule has 1 atom stereocenters. The molecule has 27 heavy (non-hydrogen) atoms. The molecule has 2 rings (SSSR count). The second kappa shape index (κ2) is 12.9. The number of ether oxygens (including phenoxy) is 1. The van der Waals surface area contributed by atoms with Crippen LogP contribution in [0, 0.1) is 6.92 Å². The molecule has 0 saturated carbocycles. The highest BCUT2D eigenvalue weighted by atomic mass is 127. The van der Waals surface area contributed by atoms with Crippen LogP contribution in [-0.2, 0) is 4.74 Å². The SMILES string of the molecule is CCNC(=NCC1(SCC)CCOCC1)NCC(C)c1cccc(C)c1.I. The molecule has 0 bridgehead atoms. The summed E-state index contributed by atoms with van der Waals surface area (Å²) < 4.78 is 5.80. The molecular weight excluding hydrogens is 469 g/mol. The Morgan fingerprint density at radius 1 is 1.26 bits per heavy atom.